The van der Waals surface area contributed by atoms with Gasteiger partial charge in [0.2, 0.25) is 17.7 Å². The van der Waals surface area contributed by atoms with Crippen LogP contribution in [-0.4, -0.2) is 64.5 Å². The van der Waals surface area contributed by atoms with E-state index in [1.165, 1.54) is 0 Å². The lowest BCUT2D eigenvalue weighted by Gasteiger charge is -2.22. The summed E-state index contributed by atoms with van der Waals surface area (Å²) in [6.45, 7) is 0.439. The summed E-state index contributed by atoms with van der Waals surface area (Å²) in [6.07, 6.45) is 0.183. The predicted molar refractivity (Wildman–Crippen MR) is 93.1 cm³/mol. The van der Waals surface area contributed by atoms with Crippen molar-refractivity contribution >= 4 is 29.7 Å². The molecule has 3 amide bonds. The van der Waals surface area contributed by atoms with Gasteiger partial charge in [0.25, 0.3) is 0 Å². The third-order valence-electron chi connectivity index (χ3n) is 3.61. The Morgan fingerprint density at radius 1 is 0.889 bits per heavy atom. The standard InChI is InChI=1S/C15H27N5O7/c16-6-2-1-3-8(17)13(24)19-9(4-5-12(22)23)14(25)20-10(15(26)27)7-11(18)21/h8-10H,1-7,16-17H2,(H2,18,21)(H,19,24)(H,20,25)(H,22,23)(H,26,27)/t8-,9-,10-/m0/s1. The Balaban J connectivity index is 5.01. The van der Waals surface area contributed by atoms with Crippen LogP contribution in [-0.2, 0) is 24.0 Å². The molecule has 27 heavy (non-hydrogen) atoms. The second-order valence-electron chi connectivity index (χ2n) is 5.95. The zero-order valence-electron chi connectivity index (χ0n) is 14.8. The molecule has 0 aliphatic rings. The molecule has 0 unspecified atom stereocenters. The van der Waals surface area contributed by atoms with Crippen molar-refractivity contribution in [2.75, 3.05) is 6.54 Å². The van der Waals surface area contributed by atoms with Crippen LogP contribution in [0.2, 0.25) is 0 Å². The normalized spacial score (nSPS) is 13.9. The number of carbonyl (C=O) groups is 5. The van der Waals surface area contributed by atoms with Crippen LogP contribution in [0.1, 0.15) is 38.5 Å². The van der Waals surface area contributed by atoms with Gasteiger partial charge in [-0.25, -0.2) is 4.79 Å². The fourth-order valence-corrected chi connectivity index (χ4v) is 2.13. The topological polar surface area (TPSA) is 228 Å². The largest absolute Gasteiger partial charge is 0.481 e. The first-order chi connectivity index (χ1) is 12.6. The van der Waals surface area contributed by atoms with E-state index < -0.39 is 60.6 Å². The Bertz CT molecular complexity index is 555. The molecule has 0 heterocycles. The first-order valence-corrected chi connectivity index (χ1v) is 8.37. The highest BCUT2D eigenvalue weighted by Crippen LogP contribution is 2.04. The summed E-state index contributed by atoms with van der Waals surface area (Å²) in [5, 5.41) is 22.2. The van der Waals surface area contributed by atoms with Gasteiger partial charge in [-0.05, 0) is 25.8 Å². The maximum Gasteiger partial charge on any atom is 0.326 e. The highest BCUT2D eigenvalue weighted by atomic mass is 16.4. The average Bonchev–Trinajstić information content (AvgIpc) is 2.56. The second kappa shape index (κ2) is 12.6. The van der Waals surface area contributed by atoms with E-state index in [0.717, 1.165) is 0 Å². The summed E-state index contributed by atoms with van der Waals surface area (Å²) in [5.41, 5.74) is 16.0. The Hall–Kier alpha value is -2.73. The number of nitrogens with one attached hydrogen (secondary N) is 2. The summed E-state index contributed by atoms with van der Waals surface area (Å²) in [6, 6.07) is -3.86. The smallest absolute Gasteiger partial charge is 0.326 e. The summed E-state index contributed by atoms with van der Waals surface area (Å²) in [7, 11) is 0. The van der Waals surface area contributed by atoms with Crippen LogP contribution < -0.4 is 27.8 Å². The van der Waals surface area contributed by atoms with Gasteiger partial charge in [-0.2, -0.15) is 0 Å². The summed E-state index contributed by atoms with van der Waals surface area (Å²) >= 11 is 0. The van der Waals surface area contributed by atoms with E-state index in [1.54, 1.807) is 0 Å². The molecule has 0 rings (SSSR count). The van der Waals surface area contributed by atoms with Crippen molar-refractivity contribution < 1.29 is 34.2 Å². The fraction of sp³-hybridized carbons (Fsp3) is 0.667. The number of aliphatic carboxylic acids is 2. The average molecular weight is 389 g/mol. The SMILES string of the molecule is NCCCC[C@H](N)C(=O)N[C@@H](CCC(=O)O)C(=O)N[C@@H](CC(N)=O)C(=O)O. The molecule has 3 atom stereocenters. The van der Waals surface area contributed by atoms with Gasteiger partial charge in [0.15, 0.2) is 0 Å². The van der Waals surface area contributed by atoms with Crippen molar-refractivity contribution in [3.8, 4) is 0 Å². The number of unbranched alkanes of at least 4 members (excludes halogenated alkanes) is 1. The maximum absolute atomic E-state index is 12.3. The number of rotatable bonds is 14. The minimum atomic E-state index is -1.60. The van der Waals surface area contributed by atoms with Gasteiger partial charge in [0.1, 0.15) is 12.1 Å². The molecular formula is C15H27N5O7. The highest BCUT2D eigenvalue weighted by molar-refractivity contribution is 5.93. The van der Waals surface area contributed by atoms with E-state index in [-0.39, 0.29) is 6.42 Å². The molecule has 12 nitrogen and oxygen atoms in total. The quantitative estimate of drug-likeness (QED) is 0.152. The van der Waals surface area contributed by atoms with Crippen LogP contribution in [0.25, 0.3) is 0 Å². The monoisotopic (exact) mass is 389 g/mol. The van der Waals surface area contributed by atoms with Gasteiger partial charge in [0, 0.05) is 6.42 Å². The van der Waals surface area contributed by atoms with E-state index in [0.29, 0.717) is 25.8 Å². The van der Waals surface area contributed by atoms with Crippen molar-refractivity contribution in [3.05, 3.63) is 0 Å². The van der Waals surface area contributed by atoms with Crippen LogP contribution in [0.3, 0.4) is 0 Å². The van der Waals surface area contributed by atoms with Crippen molar-refractivity contribution in [2.45, 2.75) is 56.7 Å². The van der Waals surface area contributed by atoms with Crippen LogP contribution in [0.4, 0.5) is 0 Å². The molecule has 0 aromatic heterocycles. The molecule has 154 valence electrons. The number of nitrogens with two attached hydrogens (primary N) is 3. The van der Waals surface area contributed by atoms with Crippen LogP contribution in [0.5, 0.6) is 0 Å². The van der Waals surface area contributed by atoms with E-state index in [4.69, 9.17) is 27.4 Å². The van der Waals surface area contributed by atoms with E-state index >= 15 is 0 Å². The van der Waals surface area contributed by atoms with Gasteiger partial charge in [-0.1, -0.05) is 6.42 Å². The molecule has 0 spiro atoms. The van der Waals surface area contributed by atoms with Crippen molar-refractivity contribution in [1.29, 1.82) is 0 Å². The molecule has 12 heteroatoms. The molecule has 0 aromatic carbocycles. The Kier molecular flexibility index (Phi) is 11.3. The molecule has 10 N–H and O–H groups in total. The summed E-state index contributed by atoms with van der Waals surface area (Å²) < 4.78 is 0. The van der Waals surface area contributed by atoms with E-state index in [1.807, 2.05) is 0 Å². The minimum Gasteiger partial charge on any atom is -0.481 e. The number of primary amides is 1. The molecule has 0 bridgehead atoms. The number of carboxylic acids is 2. The van der Waals surface area contributed by atoms with Gasteiger partial charge in [-0.3, -0.25) is 19.2 Å². The number of amides is 3. The van der Waals surface area contributed by atoms with E-state index in [2.05, 4.69) is 10.6 Å². The zero-order valence-corrected chi connectivity index (χ0v) is 14.8. The van der Waals surface area contributed by atoms with Gasteiger partial charge in [0.05, 0.1) is 12.5 Å². The Morgan fingerprint density at radius 3 is 1.96 bits per heavy atom. The summed E-state index contributed by atoms with van der Waals surface area (Å²) in [4.78, 5) is 57.2. The zero-order chi connectivity index (χ0) is 21.0. The molecule has 0 fully saturated rings. The Morgan fingerprint density at radius 2 is 1.48 bits per heavy atom. The first kappa shape index (κ1) is 24.3. The minimum absolute atomic E-state index is 0.286. The molecule has 0 saturated carbocycles. The lowest BCUT2D eigenvalue weighted by molar-refractivity contribution is -0.144. The van der Waals surface area contributed by atoms with Crippen LogP contribution in [0, 0.1) is 0 Å². The summed E-state index contributed by atoms with van der Waals surface area (Å²) in [5.74, 6) is -5.28. The van der Waals surface area contributed by atoms with Crippen molar-refractivity contribution in [1.82, 2.24) is 10.6 Å². The highest BCUT2D eigenvalue weighted by Gasteiger charge is 2.29. The van der Waals surface area contributed by atoms with Crippen molar-refractivity contribution in [2.24, 2.45) is 17.2 Å². The lowest BCUT2D eigenvalue weighted by atomic mass is 10.1. The molecule has 0 aliphatic heterocycles. The molecule has 0 aliphatic carbocycles. The van der Waals surface area contributed by atoms with E-state index in [9.17, 15) is 24.0 Å². The second-order valence-corrected chi connectivity index (χ2v) is 5.95. The number of carbonyl (C=O) groups excluding carboxylic acids is 3. The third kappa shape index (κ3) is 10.8. The van der Waals surface area contributed by atoms with Gasteiger partial charge < -0.3 is 38.0 Å². The number of carboxylic acid groups (broad SMARTS) is 2. The Labute approximate surface area is 155 Å². The molecule has 0 saturated heterocycles. The first-order valence-electron chi connectivity index (χ1n) is 8.37. The third-order valence-corrected chi connectivity index (χ3v) is 3.61. The lowest BCUT2D eigenvalue weighted by Crippen LogP contribution is -2.55. The number of hydrogen-bond acceptors (Lipinski definition) is 7. The molecular weight excluding hydrogens is 362 g/mol. The van der Waals surface area contributed by atoms with Crippen molar-refractivity contribution in [3.63, 3.8) is 0 Å². The fourth-order valence-electron chi connectivity index (χ4n) is 2.13. The van der Waals surface area contributed by atoms with Gasteiger partial charge >= 0.3 is 11.9 Å². The maximum atomic E-state index is 12.3. The van der Waals surface area contributed by atoms with Crippen LogP contribution in [0.15, 0.2) is 0 Å². The van der Waals surface area contributed by atoms with Crippen LogP contribution >= 0.6 is 0 Å². The molecule has 0 aromatic rings. The predicted octanol–water partition coefficient (Wildman–Crippen LogP) is -2.76. The van der Waals surface area contributed by atoms with Gasteiger partial charge in [-0.15, -0.1) is 0 Å². The molecule has 0 radical (unpaired) electrons. The number of hydrogen-bond donors (Lipinski definition) is 7.